The van der Waals surface area contributed by atoms with E-state index in [1.165, 1.54) is 19.2 Å². The van der Waals surface area contributed by atoms with Gasteiger partial charge in [0.1, 0.15) is 12.4 Å². The molecule has 0 heterocycles. The Bertz CT molecular complexity index is 647. The third-order valence-corrected chi connectivity index (χ3v) is 3.08. The zero-order valence-corrected chi connectivity index (χ0v) is 11.4. The van der Waals surface area contributed by atoms with E-state index in [2.05, 4.69) is 0 Å². The van der Waals surface area contributed by atoms with Gasteiger partial charge in [-0.15, -0.1) is 0 Å². The quantitative estimate of drug-likeness (QED) is 0.857. The normalized spacial score (nSPS) is 9.90. The molecule has 5 heteroatoms. The number of nitrogens with zero attached hydrogens (tertiary/aromatic N) is 1. The number of ether oxygens (including phenoxy) is 2. The van der Waals surface area contributed by atoms with Crippen LogP contribution in [0.25, 0.3) is 0 Å². The van der Waals surface area contributed by atoms with Crippen LogP contribution >= 0.6 is 11.6 Å². The molecule has 0 aliphatic rings. The molecular formula is C15H11ClFNO2. The number of hydrogen-bond acceptors (Lipinski definition) is 3. The van der Waals surface area contributed by atoms with Gasteiger partial charge >= 0.3 is 0 Å². The minimum Gasteiger partial charge on any atom is -0.493 e. The number of nitriles is 1. The van der Waals surface area contributed by atoms with E-state index in [0.29, 0.717) is 22.1 Å². The van der Waals surface area contributed by atoms with Gasteiger partial charge in [0.2, 0.25) is 0 Å². The Balaban J connectivity index is 2.21. The average Bonchev–Trinajstić information content (AvgIpc) is 2.46. The van der Waals surface area contributed by atoms with E-state index in [-0.39, 0.29) is 12.2 Å². The molecule has 0 aromatic heterocycles. The second kappa shape index (κ2) is 6.27. The molecule has 2 aromatic rings. The van der Waals surface area contributed by atoms with Crippen LogP contribution in [0.2, 0.25) is 5.02 Å². The van der Waals surface area contributed by atoms with E-state index < -0.39 is 5.82 Å². The standard InChI is InChI=1S/C15H11ClFNO2/c1-19-15-7-10(8-18)5-6-14(15)20-9-11-12(16)3-2-4-13(11)17/h2-7H,9H2,1H3. The Morgan fingerprint density at radius 1 is 1.25 bits per heavy atom. The topological polar surface area (TPSA) is 42.2 Å². The first-order valence-electron chi connectivity index (χ1n) is 5.79. The maximum Gasteiger partial charge on any atom is 0.162 e. The van der Waals surface area contributed by atoms with Crippen molar-refractivity contribution in [2.24, 2.45) is 0 Å². The third-order valence-electron chi connectivity index (χ3n) is 2.73. The SMILES string of the molecule is COc1cc(C#N)ccc1OCc1c(F)cccc1Cl. The summed E-state index contributed by atoms with van der Waals surface area (Å²) in [6.45, 7) is -0.0201. The zero-order chi connectivity index (χ0) is 14.5. The fraction of sp³-hybridized carbons (Fsp3) is 0.133. The van der Waals surface area contributed by atoms with Crippen molar-refractivity contribution in [3.8, 4) is 17.6 Å². The Labute approximate surface area is 121 Å². The monoisotopic (exact) mass is 291 g/mol. The molecule has 0 saturated carbocycles. The van der Waals surface area contributed by atoms with Crippen molar-refractivity contribution in [3.63, 3.8) is 0 Å². The molecule has 0 bridgehead atoms. The Morgan fingerprint density at radius 2 is 2.05 bits per heavy atom. The summed E-state index contributed by atoms with van der Waals surface area (Å²) in [6, 6.07) is 11.2. The summed E-state index contributed by atoms with van der Waals surface area (Å²) in [7, 11) is 1.47. The smallest absolute Gasteiger partial charge is 0.162 e. The van der Waals surface area contributed by atoms with Gasteiger partial charge in [-0.3, -0.25) is 0 Å². The summed E-state index contributed by atoms with van der Waals surface area (Å²) in [5, 5.41) is 9.12. The van der Waals surface area contributed by atoms with Crippen molar-refractivity contribution in [2.45, 2.75) is 6.61 Å². The van der Waals surface area contributed by atoms with E-state index in [1.54, 1.807) is 24.3 Å². The predicted octanol–water partition coefficient (Wildman–Crippen LogP) is 3.94. The molecule has 0 N–H and O–H groups in total. The number of rotatable bonds is 4. The first kappa shape index (κ1) is 14.2. The molecule has 0 aliphatic heterocycles. The number of methoxy groups -OCH3 is 1. The van der Waals surface area contributed by atoms with Gasteiger partial charge in [0, 0.05) is 11.6 Å². The highest BCUT2D eigenvalue weighted by Crippen LogP contribution is 2.29. The molecule has 2 aromatic carbocycles. The highest BCUT2D eigenvalue weighted by atomic mass is 35.5. The average molecular weight is 292 g/mol. The fourth-order valence-electron chi connectivity index (χ4n) is 1.68. The molecule has 0 radical (unpaired) electrons. The van der Waals surface area contributed by atoms with Crippen LogP contribution < -0.4 is 9.47 Å². The highest BCUT2D eigenvalue weighted by Gasteiger charge is 2.10. The van der Waals surface area contributed by atoms with Crippen LogP contribution in [0, 0.1) is 17.1 Å². The molecule has 0 aliphatic carbocycles. The molecule has 0 saturated heterocycles. The van der Waals surface area contributed by atoms with E-state index in [9.17, 15) is 4.39 Å². The van der Waals surface area contributed by atoms with E-state index >= 15 is 0 Å². The molecule has 20 heavy (non-hydrogen) atoms. The second-order valence-electron chi connectivity index (χ2n) is 3.97. The lowest BCUT2D eigenvalue weighted by molar-refractivity contribution is 0.280. The largest absolute Gasteiger partial charge is 0.493 e. The number of halogens is 2. The predicted molar refractivity (Wildman–Crippen MR) is 73.5 cm³/mol. The first-order valence-corrected chi connectivity index (χ1v) is 6.17. The first-order chi connectivity index (χ1) is 9.65. The molecule has 0 fully saturated rings. The van der Waals surface area contributed by atoms with Gasteiger partial charge in [0.05, 0.1) is 23.8 Å². The lowest BCUT2D eigenvalue weighted by Crippen LogP contribution is -2.01. The van der Waals surface area contributed by atoms with Gasteiger partial charge in [-0.05, 0) is 24.3 Å². The van der Waals surface area contributed by atoms with Crippen LogP contribution in [-0.4, -0.2) is 7.11 Å². The number of hydrogen-bond donors (Lipinski definition) is 0. The minimum atomic E-state index is -0.426. The zero-order valence-electron chi connectivity index (χ0n) is 10.7. The molecule has 3 nitrogen and oxygen atoms in total. The Hall–Kier alpha value is -2.25. The lowest BCUT2D eigenvalue weighted by Gasteiger charge is -2.12. The fourth-order valence-corrected chi connectivity index (χ4v) is 1.89. The van der Waals surface area contributed by atoms with Crippen molar-refractivity contribution in [1.29, 1.82) is 5.26 Å². The van der Waals surface area contributed by atoms with Crippen molar-refractivity contribution < 1.29 is 13.9 Å². The van der Waals surface area contributed by atoms with Crippen LogP contribution in [0.15, 0.2) is 36.4 Å². The van der Waals surface area contributed by atoms with Crippen molar-refractivity contribution in [3.05, 3.63) is 58.4 Å². The van der Waals surface area contributed by atoms with Crippen LogP contribution in [-0.2, 0) is 6.61 Å². The summed E-state index contributed by atoms with van der Waals surface area (Å²) < 4.78 is 24.3. The van der Waals surface area contributed by atoms with Gasteiger partial charge in [-0.2, -0.15) is 5.26 Å². The van der Waals surface area contributed by atoms with Gasteiger partial charge < -0.3 is 9.47 Å². The minimum absolute atomic E-state index is 0.0201. The summed E-state index contributed by atoms with van der Waals surface area (Å²) >= 11 is 5.92. The van der Waals surface area contributed by atoms with Gasteiger partial charge in [-0.25, -0.2) is 4.39 Å². The Morgan fingerprint density at radius 3 is 2.70 bits per heavy atom. The molecule has 2 rings (SSSR count). The maximum absolute atomic E-state index is 13.6. The van der Waals surface area contributed by atoms with Crippen LogP contribution in [0.3, 0.4) is 0 Å². The second-order valence-corrected chi connectivity index (χ2v) is 4.37. The molecule has 0 unspecified atom stereocenters. The Kier molecular flexibility index (Phi) is 4.44. The molecule has 0 amide bonds. The lowest BCUT2D eigenvalue weighted by atomic mass is 10.2. The van der Waals surface area contributed by atoms with Crippen molar-refractivity contribution >= 4 is 11.6 Å². The summed E-state index contributed by atoms with van der Waals surface area (Å²) in [5.74, 6) is 0.410. The maximum atomic E-state index is 13.6. The number of benzene rings is 2. The van der Waals surface area contributed by atoms with Crippen molar-refractivity contribution in [1.82, 2.24) is 0 Å². The van der Waals surface area contributed by atoms with E-state index in [1.807, 2.05) is 6.07 Å². The molecule has 0 spiro atoms. The molecular weight excluding hydrogens is 281 g/mol. The van der Waals surface area contributed by atoms with Gasteiger partial charge in [0.25, 0.3) is 0 Å². The van der Waals surface area contributed by atoms with Crippen LogP contribution in [0.5, 0.6) is 11.5 Å². The van der Waals surface area contributed by atoms with Crippen LogP contribution in [0.1, 0.15) is 11.1 Å². The van der Waals surface area contributed by atoms with Crippen LogP contribution in [0.4, 0.5) is 4.39 Å². The molecule has 102 valence electrons. The van der Waals surface area contributed by atoms with E-state index in [0.717, 1.165) is 0 Å². The molecule has 0 atom stereocenters. The third kappa shape index (κ3) is 3.01. The highest BCUT2D eigenvalue weighted by molar-refractivity contribution is 6.31. The van der Waals surface area contributed by atoms with Crippen molar-refractivity contribution in [2.75, 3.05) is 7.11 Å². The van der Waals surface area contributed by atoms with Gasteiger partial charge in [0.15, 0.2) is 11.5 Å². The summed E-state index contributed by atoms with van der Waals surface area (Å²) in [5.41, 5.74) is 0.735. The van der Waals surface area contributed by atoms with Gasteiger partial charge in [-0.1, -0.05) is 17.7 Å². The summed E-state index contributed by atoms with van der Waals surface area (Å²) in [4.78, 5) is 0. The summed E-state index contributed by atoms with van der Waals surface area (Å²) in [6.07, 6.45) is 0. The van der Waals surface area contributed by atoms with E-state index in [4.69, 9.17) is 26.3 Å².